The van der Waals surface area contributed by atoms with Crippen molar-refractivity contribution < 1.29 is 13.6 Å². The van der Waals surface area contributed by atoms with Gasteiger partial charge in [0.2, 0.25) is 5.95 Å². The molecule has 104 valence electrons. The average Bonchev–Trinajstić information content (AvgIpc) is 2.40. The molecule has 1 atom stereocenters. The molecule has 0 aromatic carbocycles. The highest BCUT2D eigenvalue weighted by Crippen LogP contribution is 2.17. The molecule has 1 fully saturated rings. The third kappa shape index (κ3) is 2.89. The highest BCUT2D eigenvalue weighted by molar-refractivity contribution is 5.94. The minimum atomic E-state index is -1.24. The summed E-state index contributed by atoms with van der Waals surface area (Å²) >= 11 is 0. The van der Waals surface area contributed by atoms with E-state index in [0.29, 0.717) is 0 Å². The first kappa shape index (κ1) is 13.9. The summed E-state index contributed by atoms with van der Waals surface area (Å²) in [5, 5.41) is 0. The number of piperidine rings is 1. The Balaban J connectivity index is 2.16. The number of nitrogens with zero attached hydrogens (tertiary/aromatic N) is 3. The highest BCUT2D eigenvalue weighted by Gasteiger charge is 2.27. The lowest BCUT2D eigenvalue weighted by atomic mass is 10.0. The Bertz CT molecular complexity index is 481. The molecule has 1 aromatic heterocycles. The maximum atomic E-state index is 13.6. The van der Waals surface area contributed by atoms with Gasteiger partial charge in [0, 0.05) is 25.8 Å². The Hall–Kier alpha value is -1.56. The number of halogens is 2. The van der Waals surface area contributed by atoms with E-state index in [1.807, 2.05) is 7.05 Å². The van der Waals surface area contributed by atoms with Gasteiger partial charge in [0.05, 0.1) is 5.56 Å². The van der Waals surface area contributed by atoms with Gasteiger partial charge in [-0.15, -0.1) is 0 Å². The second kappa shape index (κ2) is 5.61. The van der Waals surface area contributed by atoms with Gasteiger partial charge < -0.3 is 9.80 Å². The normalized spacial score (nSPS) is 20.3. The van der Waals surface area contributed by atoms with Crippen LogP contribution in [0.1, 0.15) is 23.2 Å². The molecule has 0 N–H and O–H groups in total. The lowest BCUT2D eigenvalue weighted by molar-refractivity contribution is 0.0638. The molecule has 1 unspecified atom stereocenters. The van der Waals surface area contributed by atoms with Crippen LogP contribution in [0.25, 0.3) is 0 Å². The van der Waals surface area contributed by atoms with Crippen molar-refractivity contribution in [1.82, 2.24) is 14.8 Å². The number of likely N-dealkylation sites (N-methyl/N-ethyl adjacent to an activating group) is 2. The van der Waals surface area contributed by atoms with E-state index in [0.717, 1.165) is 32.1 Å². The summed E-state index contributed by atoms with van der Waals surface area (Å²) in [5.74, 6) is -2.91. The van der Waals surface area contributed by atoms with Crippen molar-refractivity contribution in [3.05, 3.63) is 29.6 Å². The Morgan fingerprint density at radius 3 is 2.95 bits per heavy atom. The van der Waals surface area contributed by atoms with Gasteiger partial charge in [-0.25, -0.2) is 9.37 Å². The molecule has 0 saturated carbocycles. The molecule has 1 aliphatic rings. The van der Waals surface area contributed by atoms with Gasteiger partial charge in [-0.3, -0.25) is 4.79 Å². The van der Waals surface area contributed by atoms with E-state index in [4.69, 9.17) is 0 Å². The SMILES string of the molecule is CN1CCCC(N(C)C(=O)c2ccnc(F)c2F)C1. The fraction of sp³-hybridized carbons (Fsp3) is 0.538. The lowest BCUT2D eigenvalue weighted by Gasteiger charge is -2.35. The molecule has 19 heavy (non-hydrogen) atoms. The third-order valence-electron chi connectivity index (χ3n) is 3.54. The van der Waals surface area contributed by atoms with E-state index in [1.165, 1.54) is 11.0 Å². The molecule has 2 rings (SSSR count). The summed E-state index contributed by atoms with van der Waals surface area (Å²) in [4.78, 5) is 19.0. The van der Waals surface area contributed by atoms with E-state index in [1.54, 1.807) is 7.05 Å². The van der Waals surface area contributed by atoms with E-state index >= 15 is 0 Å². The van der Waals surface area contributed by atoms with Crippen molar-refractivity contribution in [2.45, 2.75) is 18.9 Å². The summed E-state index contributed by atoms with van der Waals surface area (Å²) in [6, 6.07) is 1.24. The number of hydrogen-bond donors (Lipinski definition) is 0. The zero-order chi connectivity index (χ0) is 14.0. The lowest BCUT2D eigenvalue weighted by Crippen LogP contribution is -2.47. The number of hydrogen-bond acceptors (Lipinski definition) is 3. The van der Waals surface area contributed by atoms with Crippen molar-refractivity contribution in [2.75, 3.05) is 27.2 Å². The Morgan fingerprint density at radius 2 is 2.26 bits per heavy atom. The van der Waals surface area contributed by atoms with Crippen molar-refractivity contribution in [2.24, 2.45) is 0 Å². The van der Waals surface area contributed by atoms with Crippen LogP contribution >= 0.6 is 0 Å². The molecule has 2 heterocycles. The second-order valence-corrected chi connectivity index (χ2v) is 4.94. The van der Waals surface area contributed by atoms with E-state index in [9.17, 15) is 13.6 Å². The summed E-state index contributed by atoms with van der Waals surface area (Å²) in [6.45, 7) is 1.74. The molecule has 1 saturated heterocycles. The Morgan fingerprint density at radius 1 is 1.53 bits per heavy atom. The summed E-state index contributed by atoms with van der Waals surface area (Å²) in [6.07, 6.45) is 2.97. The van der Waals surface area contributed by atoms with Gasteiger partial charge in [-0.2, -0.15) is 4.39 Å². The molecule has 1 aromatic rings. The Labute approximate surface area is 111 Å². The molecular formula is C13H17F2N3O. The summed E-state index contributed by atoms with van der Waals surface area (Å²) < 4.78 is 26.6. The summed E-state index contributed by atoms with van der Waals surface area (Å²) in [7, 11) is 3.61. The van der Waals surface area contributed by atoms with Gasteiger partial charge in [0.15, 0.2) is 5.82 Å². The maximum Gasteiger partial charge on any atom is 0.257 e. The fourth-order valence-corrected chi connectivity index (χ4v) is 2.39. The first-order valence-electron chi connectivity index (χ1n) is 6.26. The van der Waals surface area contributed by atoms with Crippen LogP contribution in [0.3, 0.4) is 0 Å². The van der Waals surface area contributed by atoms with Crippen LogP contribution in [0.4, 0.5) is 8.78 Å². The van der Waals surface area contributed by atoms with E-state index in [2.05, 4.69) is 9.88 Å². The fourth-order valence-electron chi connectivity index (χ4n) is 2.39. The van der Waals surface area contributed by atoms with Crippen LogP contribution in [0, 0.1) is 11.8 Å². The monoisotopic (exact) mass is 269 g/mol. The number of likely N-dealkylation sites (tertiary alicyclic amines) is 1. The van der Waals surface area contributed by atoms with E-state index in [-0.39, 0.29) is 11.6 Å². The van der Waals surface area contributed by atoms with Crippen LogP contribution in [0.2, 0.25) is 0 Å². The van der Waals surface area contributed by atoms with Crippen LogP contribution in [-0.2, 0) is 0 Å². The average molecular weight is 269 g/mol. The van der Waals surface area contributed by atoms with Crippen LogP contribution in [0.15, 0.2) is 12.3 Å². The van der Waals surface area contributed by atoms with Gasteiger partial charge >= 0.3 is 0 Å². The van der Waals surface area contributed by atoms with Crippen molar-refractivity contribution in [1.29, 1.82) is 0 Å². The highest BCUT2D eigenvalue weighted by atomic mass is 19.2. The first-order valence-corrected chi connectivity index (χ1v) is 6.26. The van der Waals surface area contributed by atoms with Gasteiger partial charge in [-0.1, -0.05) is 0 Å². The molecule has 0 radical (unpaired) electrons. The standard InChI is InChI=1S/C13H17F2N3O/c1-17-7-3-4-9(8-17)18(2)13(19)10-5-6-16-12(15)11(10)14/h5-6,9H,3-4,7-8H2,1-2H3. The van der Waals surface area contributed by atoms with E-state index < -0.39 is 17.7 Å². The zero-order valence-corrected chi connectivity index (χ0v) is 11.1. The maximum absolute atomic E-state index is 13.6. The number of rotatable bonds is 2. The Kier molecular flexibility index (Phi) is 4.09. The van der Waals surface area contributed by atoms with Gasteiger partial charge in [0.25, 0.3) is 5.91 Å². The van der Waals surface area contributed by atoms with Crippen LogP contribution in [0.5, 0.6) is 0 Å². The van der Waals surface area contributed by atoms with Crippen LogP contribution in [-0.4, -0.2) is 53.9 Å². The second-order valence-electron chi connectivity index (χ2n) is 4.94. The van der Waals surface area contributed by atoms with Gasteiger partial charge in [0.1, 0.15) is 0 Å². The molecule has 0 aliphatic carbocycles. The van der Waals surface area contributed by atoms with Crippen LogP contribution < -0.4 is 0 Å². The molecule has 1 amide bonds. The van der Waals surface area contributed by atoms with Crippen molar-refractivity contribution in [3.63, 3.8) is 0 Å². The predicted octanol–water partition coefficient (Wildman–Crippen LogP) is 1.53. The van der Waals surface area contributed by atoms with Crippen molar-refractivity contribution >= 4 is 5.91 Å². The quantitative estimate of drug-likeness (QED) is 0.764. The molecule has 6 heteroatoms. The first-order chi connectivity index (χ1) is 9.00. The topological polar surface area (TPSA) is 36.4 Å². The molecular weight excluding hydrogens is 252 g/mol. The summed E-state index contributed by atoms with van der Waals surface area (Å²) in [5.41, 5.74) is -0.261. The largest absolute Gasteiger partial charge is 0.337 e. The molecule has 0 spiro atoms. The number of carbonyl (C=O) groups excluding carboxylic acids is 1. The minimum absolute atomic E-state index is 0.0295. The minimum Gasteiger partial charge on any atom is -0.337 e. The van der Waals surface area contributed by atoms with Crippen molar-refractivity contribution in [3.8, 4) is 0 Å². The zero-order valence-electron chi connectivity index (χ0n) is 11.1. The number of carbonyl (C=O) groups is 1. The molecule has 1 aliphatic heterocycles. The molecule has 4 nitrogen and oxygen atoms in total. The predicted molar refractivity (Wildman–Crippen MR) is 66.8 cm³/mol. The third-order valence-corrected chi connectivity index (χ3v) is 3.54. The number of amides is 1. The smallest absolute Gasteiger partial charge is 0.257 e. The molecule has 0 bridgehead atoms. The van der Waals surface area contributed by atoms with Gasteiger partial charge in [-0.05, 0) is 32.5 Å². The number of aromatic nitrogens is 1. The number of pyridine rings is 1.